The fourth-order valence-corrected chi connectivity index (χ4v) is 4.27. The van der Waals surface area contributed by atoms with Crippen molar-refractivity contribution in [3.05, 3.63) is 29.8 Å². The molecule has 1 heterocycles. The zero-order chi connectivity index (χ0) is 18.1. The van der Waals surface area contributed by atoms with Gasteiger partial charge in [-0.3, -0.25) is 0 Å². The standard InChI is InChI=1S/C16H21F3N2O3S/c17-16(18,19)25(22,23)21-9-12-5-1-4-8-15(12)20-13(10-21)11-24-14-6-2-3-7-14/h1,4-5,8,13-14,20H,2-3,6-7,9-11H2/t13-/m0/s1. The van der Waals surface area contributed by atoms with E-state index in [9.17, 15) is 21.6 Å². The van der Waals surface area contributed by atoms with Gasteiger partial charge >= 0.3 is 15.5 Å². The van der Waals surface area contributed by atoms with Crippen molar-refractivity contribution in [2.75, 3.05) is 18.5 Å². The summed E-state index contributed by atoms with van der Waals surface area (Å²) in [5, 5.41) is 3.14. The number of alkyl halides is 3. The van der Waals surface area contributed by atoms with Crippen LogP contribution in [0.4, 0.5) is 18.9 Å². The molecule has 9 heteroatoms. The average Bonchev–Trinajstić information content (AvgIpc) is 2.98. The number of rotatable bonds is 4. The summed E-state index contributed by atoms with van der Waals surface area (Å²) in [6.45, 7) is -0.433. The first kappa shape index (κ1) is 18.5. The third kappa shape index (κ3) is 4.09. The van der Waals surface area contributed by atoms with Crippen LogP contribution in [-0.2, 0) is 21.3 Å². The van der Waals surface area contributed by atoms with Crippen molar-refractivity contribution in [2.45, 2.75) is 49.9 Å². The van der Waals surface area contributed by atoms with Gasteiger partial charge in [-0.2, -0.15) is 17.5 Å². The van der Waals surface area contributed by atoms with Gasteiger partial charge in [-0.1, -0.05) is 31.0 Å². The van der Waals surface area contributed by atoms with Crippen molar-refractivity contribution in [3.63, 3.8) is 0 Å². The Hall–Kier alpha value is -1.32. The highest BCUT2D eigenvalue weighted by Gasteiger charge is 2.50. The molecule has 1 N–H and O–H groups in total. The predicted molar refractivity (Wildman–Crippen MR) is 87.4 cm³/mol. The minimum Gasteiger partial charge on any atom is -0.378 e. The topological polar surface area (TPSA) is 58.6 Å². The van der Waals surface area contributed by atoms with Gasteiger partial charge in [0.1, 0.15) is 0 Å². The van der Waals surface area contributed by atoms with Crippen LogP contribution in [0.1, 0.15) is 31.2 Å². The zero-order valence-corrected chi connectivity index (χ0v) is 14.4. The molecule has 0 radical (unpaired) electrons. The maximum absolute atomic E-state index is 13.0. The van der Waals surface area contributed by atoms with E-state index in [4.69, 9.17) is 4.74 Å². The third-order valence-corrected chi connectivity index (χ3v) is 6.16. The number of nitrogens with zero attached hydrogens (tertiary/aromatic N) is 1. The monoisotopic (exact) mass is 378 g/mol. The van der Waals surface area contributed by atoms with Crippen molar-refractivity contribution in [2.24, 2.45) is 0 Å². The number of halogens is 3. The minimum atomic E-state index is -5.40. The van der Waals surface area contributed by atoms with Crippen LogP contribution in [0.25, 0.3) is 0 Å². The van der Waals surface area contributed by atoms with Gasteiger partial charge in [0.05, 0.1) is 18.8 Å². The number of anilines is 1. The van der Waals surface area contributed by atoms with Crippen molar-refractivity contribution < 1.29 is 26.3 Å². The molecule has 1 aromatic rings. The van der Waals surface area contributed by atoms with E-state index in [2.05, 4.69) is 5.32 Å². The van der Waals surface area contributed by atoms with Gasteiger partial charge in [0.2, 0.25) is 0 Å². The molecule has 1 aliphatic heterocycles. The molecule has 1 saturated carbocycles. The maximum atomic E-state index is 13.0. The molecule has 1 aromatic carbocycles. The Morgan fingerprint density at radius 3 is 2.56 bits per heavy atom. The lowest BCUT2D eigenvalue weighted by Gasteiger charge is -2.26. The number of ether oxygens (including phenoxy) is 1. The second-order valence-electron chi connectivity index (χ2n) is 6.48. The zero-order valence-electron chi connectivity index (χ0n) is 13.6. The first-order valence-electron chi connectivity index (χ1n) is 8.30. The Bertz CT molecular complexity index is 703. The largest absolute Gasteiger partial charge is 0.511 e. The minimum absolute atomic E-state index is 0.105. The van der Waals surface area contributed by atoms with E-state index in [0.717, 1.165) is 25.7 Å². The molecule has 0 saturated heterocycles. The third-order valence-electron chi connectivity index (χ3n) is 4.62. The number of benzene rings is 1. The summed E-state index contributed by atoms with van der Waals surface area (Å²) >= 11 is 0. The normalized spacial score (nSPS) is 23.1. The highest BCUT2D eigenvalue weighted by molar-refractivity contribution is 7.89. The molecule has 25 heavy (non-hydrogen) atoms. The Balaban J connectivity index is 1.81. The first-order valence-corrected chi connectivity index (χ1v) is 9.74. The number of hydrogen-bond acceptors (Lipinski definition) is 4. The van der Waals surface area contributed by atoms with Gasteiger partial charge < -0.3 is 10.1 Å². The highest BCUT2D eigenvalue weighted by Crippen LogP contribution is 2.32. The number of para-hydroxylation sites is 1. The van der Waals surface area contributed by atoms with E-state index in [1.807, 2.05) is 0 Å². The smallest absolute Gasteiger partial charge is 0.378 e. The van der Waals surface area contributed by atoms with E-state index in [-0.39, 0.29) is 25.8 Å². The summed E-state index contributed by atoms with van der Waals surface area (Å²) in [5.74, 6) is 0. The summed E-state index contributed by atoms with van der Waals surface area (Å²) in [4.78, 5) is 0. The predicted octanol–water partition coefficient (Wildman–Crippen LogP) is 3.09. The van der Waals surface area contributed by atoms with E-state index < -0.39 is 21.6 Å². The lowest BCUT2D eigenvalue weighted by molar-refractivity contribution is -0.0494. The van der Waals surface area contributed by atoms with E-state index in [1.165, 1.54) is 0 Å². The Kier molecular flexibility index (Phi) is 5.26. The quantitative estimate of drug-likeness (QED) is 0.875. The fourth-order valence-electron chi connectivity index (χ4n) is 3.30. The molecule has 0 bridgehead atoms. The lowest BCUT2D eigenvalue weighted by Crippen LogP contribution is -2.45. The molecule has 140 valence electrons. The van der Waals surface area contributed by atoms with E-state index >= 15 is 0 Å². The first-order chi connectivity index (χ1) is 11.8. The van der Waals surface area contributed by atoms with Gasteiger partial charge in [0.15, 0.2) is 0 Å². The number of nitrogens with one attached hydrogen (secondary N) is 1. The number of fused-ring (bicyclic) bond motifs is 1. The van der Waals surface area contributed by atoms with Gasteiger partial charge in [-0.15, -0.1) is 0 Å². The second-order valence-corrected chi connectivity index (χ2v) is 8.41. The molecular formula is C16H21F3N2O3S. The highest BCUT2D eigenvalue weighted by atomic mass is 32.2. The Morgan fingerprint density at radius 1 is 1.20 bits per heavy atom. The van der Waals surface area contributed by atoms with Crippen molar-refractivity contribution in [1.29, 1.82) is 0 Å². The molecule has 0 unspecified atom stereocenters. The molecule has 0 amide bonds. The van der Waals surface area contributed by atoms with Crippen LogP contribution in [0.15, 0.2) is 24.3 Å². The molecule has 5 nitrogen and oxygen atoms in total. The van der Waals surface area contributed by atoms with E-state index in [1.54, 1.807) is 24.3 Å². The Morgan fingerprint density at radius 2 is 1.88 bits per heavy atom. The van der Waals surface area contributed by atoms with Crippen molar-refractivity contribution >= 4 is 15.7 Å². The average molecular weight is 378 g/mol. The number of sulfonamides is 1. The van der Waals surface area contributed by atoms with Crippen LogP contribution in [0.5, 0.6) is 0 Å². The molecular weight excluding hydrogens is 357 g/mol. The summed E-state index contributed by atoms with van der Waals surface area (Å²) in [6.07, 6.45) is 4.15. The van der Waals surface area contributed by atoms with Crippen LogP contribution in [-0.4, -0.2) is 43.5 Å². The van der Waals surface area contributed by atoms with Crippen LogP contribution in [0, 0.1) is 0 Å². The van der Waals surface area contributed by atoms with Crippen molar-refractivity contribution in [3.8, 4) is 0 Å². The summed E-state index contributed by atoms with van der Waals surface area (Å²) in [6, 6.07) is 6.26. The second kappa shape index (κ2) is 7.13. The molecule has 1 fully saturated rings. The van der Waals surface area contributed by atoms with Gasteiger partial charge in [0.25, 0.3) is 0 Å². The maximum Gasteiger partial charge on any atom is 0.511 e. The summed E-state index contributed by atoms with van der Waals surface area (Å²) in [5.41, 5.74) is -4.16. The molecule has 0 spiro atoms. The molecule has 1 atom stereocenters. The van der Waals surface area contributed by atoms with Crippen LogP contribution in [0.3, 0.4) is 0 Å². The fraction of sp³-hybridized carbons (Fsp3) is 0.625. The van der Waals surface area contributed by atoms with Crippen molar-refractivity contribution in [1.82, 2.24) is 4.31 Å². The lowest BCUT2D eigenvalue weighted by atomic mass is 10.2. The summed E-state index contributed by atoms with van der Waals surface area (Å²) in [7, 11) is -5.40. The van der Waals surface area contributed by atoms with Crippen LogP contribution >= 0.6 is 0 Å². The van der Waals surface area contributed by atoms with Gasteiger partial charge in [-0.25, -0.2) is 8.42 Å². The van der Waals surface area contributed by atoms with Gasteiger partial charge in [0, 0.05) is 18.8 Å². The number of hydrogen-bond donors (Lipinski definition) is 1. The van der Waals surface area contributed by atoms with Crippen LogP contribution in [0.2, 0.25) is 0 Å². The van der Waals surface area contributed by atoms with Crippen LogP contribution < -0.4 is 5.32 Å². The summed E-state index contributed by atoms with van der Waals surface area (Å²) < 4.78 is 69.1. The van der Waals surface area contributed by atoms with Gasteiger partial charge in [-0.05, 0) is 24.5 Å². The SMILES string of the molecule is O=S(=O)(N1Cc2ccccc2N[C@H](COC2CCCC2)C1)C(F)(F)F. The molecule has 0 aromatic heterocycles. The molecule has 1 aliphatic carbocycles. The van der Waals surface area contributed by atoms with E-state index in [0.29, 0.717) is 15.6 Å². The molecule has 2 aliphatic rings. The molecule has 3 rings (SSSR count). The Labute approximate surface area is 145 Å².